The second-order valence-electron chi connectivity index (χ2n) is 5.41. The van der Waals surface area contributed by atoms with E-state index in [1.54, 1.807) is 0 Å². The predicted octanol–water partition coefficient (Wildman–Crippen LogP) is 3.28. The summed E-state index contributed by atoms with van der Waals surface area (Å²) >= 11 is 1.24. The fourth-order valence-corrected chi connectivity index (χ4v) is 3.67. The summed E-state index contributed by atoms with van der Waals surface area (Å²) in [5, 5.41) is 4.17. The number of anilines is 2. The molecule has 1 aliphatic carbocycles. The normalized spacial score (nSPS) is 22.5. The molecule has 5 nitrogen and oxygen atoms in total. The van der Waals surface area contributed by atoms with Crippen LogP contribution < -0.4 is 11.1 Å². The lowest BCUT2D eigenvalue weighted by atomic mass is 9.83. The molecule has 1 saturated carbocycles. The first kappa shape index (κ1) is 15.1. The van der Waals surface area contributed by atoms with Crippen molar-refractivity contribution in [1.29, 1.82) is 0 Å². The zero-order chi connectivity index (χ0) is 14.5. The van der Waals surface area contributed by atoms with Gasteiger partial charge in [0.05, 0.1) is 7.11 Å². The van der Waals surface area contributed by atoms with Gasteiger partial charge in [-0.1, -0.05) is 19.8 Å². The third-order valence-electron chi connectivity index (χ3n) is 3.99. The molecule has 0 amide bonds. The van der Waals surface area contributed by atoms with Crippen molar-refractivity contribution < 1.29 is 9.53 Å². The summed E-state index contributed by atoms with van der Waals surface area (Å²) in [4.78, 5) is 11.7. The van der Waals surface area contributed by atoms with Crippen LogP contribution in [0.3, 0.4) is 0 Å². The van der Waals surface area contributed by atoms with Crippen molar-refractivity contribution in [3.63, 3.8) is 0 Å². The summed E-state index contributed by atoms with van der Waals surface area (Å²) in [6.07, 6.45) is 7.39. The molecular formula is C14H23N3O2S. The average molecular weight is 297 g/mol. The topological polar surface area (TPSA) is 77.2 Å². The van der Waals surface area contributed by atoms with Crippen LogP contribution in [0.15, 0.2) is 0 Å². The van der Waals surface area contributed by atoms with E-state index in [0.29, 0.717) is 11.6 Å². The molecule has 112 valence electrons. The highest BCUT2D eigenvalue weighted by atomic mass is 32.1. The molecule has 0 aromatic carbocycles. The van der Waals surface area contributed by atoms with Gasteiger partial charge >= 0.3 is 5.97 Å². The van der Waals surface area contributed by atoms with E-state index < -0.39 is 5.97 Å². The molecule has 0 atom stereocenters. The summed E-state index contributed by atoms with van der Waals surface area (Å²) in [7, 11) is 1.36. The highest BCUT2D eigenvalue weighted by molar-refractivity contribution is 7.11. The standard InChI is InChI=1S/C14H23N3O2S/c1-3-4-9-5-7-10(8-6-9)16-13-11(14(18)19-2)12(15)17-20-13/h9-10,16H,3-8H2,1-2H3,(H2,15,17). The zero-order valence-corrected chi connectivity index (χ0v) is 13.0. The number of nitrogen functional groups attached to an aromatic ring is 1. The molecule has 0 bridgehead atoms. The lowest BCUT2D eigenvalue weighted by Gasteiger charge is -2.29. The molecule has 6 heteroatoms. The van der Waals surface area contributed by atoms with Gasteiger partial charge in [-0.2, -0.15) is 4.37 Å². The molecule has 0 saturated heterocycles. The monoisotopic (exact) mass is 297 g/mol. The molecule has 1 fully saturated rings. The number of esters is 1. The third-order valence-corrected chi connectivity index (χ3v) is 4.78. The number of carbonyl (C=O) groups excluding carboxylic acids is 1. The first-order valence-corrected chi connectivity index (χ1v) is 8.03. The number of nitrogens with two attached hydrogens (primary N) is 1. The maximum atomic E-state index is 11.7. The Morgan fingerprint density at radius 1 is 1.45 bits per heavy atom. The van der Waals surface area contributed by atoms with Crippen molar-refractivity contribution in [2.75, 3.05) is 18.2 Å². The molecule has 2 rings (SSSR count). The predicted molar refractivity (Wildman–Crippen MR) is 82.1 cm³/mol. The molecular weight excluding hydrogens is 274 g/mol. The minimum atomic E-state index is -0.418. The Hall–Kier alpha value is -1.30. The van der Waals surface area contributed by atoms with Crippen LogP contribution in [0.5, 0.6) is 0 Å². The van der Waals surface area contributed by atoms with Gasteiger partial charge in [-0.15, -0.1) is 0 Å². The van der Waals surface area contributed by atoms with E-state index in [0.717, 1.165) is 23.8 Å². The van der Waals surface area contributed by atoms with E-state index in [1.165, 1.54) is 44.3 Å². The van der Waals surface area contributed by atoms with Gasteiger partial charge in [0.1, 0.15) is 10.6 Å². The smallest absolute Gasteiger partial charge is 0.344 e. The van der Waals surface area contributed by atoms with Gasteiger partial charge in [0.25, 0.3) is 0 Å². The van der Waals surface area contributed by atoms with Crippen LogP contribution in [0.2, 0.25) is 0 Å². The van der Waals surface area contributed by atoms with Crippen molar-refractivity contribution in [1.82, 2.24) is 4.37 Å². The number of carbonyl (C=O) groups is 1. The van der Waals surface area contributed by atoms with E-state index in [2.05, 4.69) is 16.6 Å². The molecule has 1 aromatic rings. The molecule has 0 unspecified atom stereocenters. The summed E-state index contributed by atoms with van der Waals surface area (Å²) in [5.41, 5.74) is 6.13. The maximum absolute atomic E-state index is 11.7. The van der Waals surface area contributed by atoms with Crippen LogP contribution >= 0.6 is 11.5 Å². The molecule has 20 heavy (non-hydrogen) atoms. The first-order valence-electron chi connectivity index (χ1n) is 7.25. The molecule has 1 aliphatic rings. The molecule has 0 aliphatic heterocycles. The highest BCUT2D eigenvalue weighted by Crippen LogP contribution is 2.33. The van der Waals surface area contributed by atoms with E-state index in [4.69, 9.17) is 10.5 Å². The Labute approximate surface area is 124 Å². The number of hydrogen-bond donors (Lipinski definition) is 2. The van der Waals surface area contributed by atoms with Crippen molar-refractivity contribution in [3.05, 3.63) is 5.56 Å². The lowest BCUT2D eigenvalue weighted by molar-refractivity contribution is 0.0603. The van der Waals surface area contributed by atoms with Crippen LogP contribution in [-0.4, -0.2) is 23.5 Å². The van der Waals surface area contributed by atoms with Crippen LogP contribution in [0.25, 0.3) is 0 Å². The van der Waals surface area contributed by atoms with Crippen LogP contribution in [0.1, 0.15) is 55.8 Å². The molecule has 1 heterocycles. The van der Waals surface area contributed by atoms with Gasteiger partial charge in [0.15, 0.2) is 5.82 Å². The van der Waals surface area contributed by atoms with Gasteiger partial charge in [-0.05, 0) is 43.1 Å². The Morgan fingerprint density at radius 3 is 2.75 bits per heavy atom. The van der Waals surface area contributed by atoms with E-state index in [-0.39, 0.29) is 5.82 Å². The second kappa shape index (κ2) is 6.92. The van der Waals surface area contributed by atoms with E-state index in [1.807, 2.05) is 0 Å². The highest BCUT2D eigenvalue weighted by Gasteiger charge is 2.25. The number of rotatable bonds is 5. The van der Waals surface area contributed by atoms with E-state index >= 15 is 0 Å². The second-order valence-corrected chi connectivity index (χ2v) is 6.19. The summed E-state index contributed by atoms with van der Waals surface area (Å²) in [5.74, 6) is 0.701. The van der Waals surface area contributed by atoms with Crippen LogP contribution in [0.4, 0.5) is 10.8 Å². The Kier molecular flexibility index (Phi) is 5.23. The van der Waals surface area contributed by atoms with Gasteiger partial charge in [-0.25, -0.2) is 4.79 Å². The molecule has 3 N–H and O–H groups in total. The Balaban J connectivity index is 1.96. The van der Waals surface area contributed by atoms with E-state index in [9.17, 15) is 4.79 Å². The minimum Gasteiger partial charge on any atom is -0.465 e. The summed E-state index contributed by atoms with van der Waals surface area (Å²) in [6.45, 7) is 2.24. The van der Waals surface area contributed by atoms with Crippen molar-refractivity contribution in [2.24, 2.45) is 5.92 Å². The van der Waals surface area contributed by atoms with Crippen LogP contribution in [-0.2, 0) is 4.74 Å². The van der Waals surface area contributed by atoms with Gasteiger partial charge in [-0.3, -0.25) is 0 Å². The van der Waals surface area contributed by atoms with Gasteiger partial charge in [0, 0.05) is 6.04 Å². The van der Waals surface area contributed by atoms with Crippen LogP contribution in [0, 0.1) is 5.92 Å². The van der Waals surface area contributed by atoms with Gasteiger partial charge in [0.2, 0.25) is 0 Å². The minimum absolute atomic E-state index is 0.254. The summed E-state index contributed by atoms with van der Waals surface area (Å²) in [6, 6.07) is 0.409. The lowest BCUT2D eigenvalue weighted by Crippen LogP contribution is -2.26. The van der Waals surface area contributed by atoms with Crippen molar-refractivity contribution in [3.8, 4) is 0 Å². The van der Waals surface area contributed by atoms with Gasteiger partial charge < -0.3 is 15.8 Å². The van der Waals surface area contributed by atoms with Crippen molar-refractivity contribution >= 4 is 28.3 Å². The molecule has 1 aromatic heterocycles. The van der Waals surface area contributed by atoms with Crippen molar-refractivity contribution in [2.45, 2.75) is 51.5 Å². The Morgan fingerprint density at radius 2 is 2.15 bits per heavy atom. The molecule has 0 spiro atoms. The largest absolute Gasteiger partial charge is 0.465 e. The average Bonchev–Trinajstić information content (AvgIpc) is 2.81. The maximum Gasteiger partial charge on any atom is 0.344 e. The fraction of sp³-hybridized carbons (Fsp3) is 0.714. The zero-order valence-electron chi connectivity index (χ0n) is 12.1. The fourth-order valence-electron chi connectivity index (χ4n) is 2.89. The number of hydrogen-bond acceptors (Lipinski definition) is 6. The number of ether oxygens (including phenoxy) is 1. The Bertz CT molecular complexity index is 453. The number of nitrogens with one attached hydrogen (secondary N) is 1. The third kappa shape index (κ3) is 3.42. The quantitative estimate of drug-likeness (QED) is 0.816. The number of aromatic nitrogens is 1. The SMILES string of the molecule is CCCC1CCC(Nc2snc(N)c2C(=O)OC)CC1. The summed E-state index contributed by atoms with van der Waals surface area (Å²) < 4.78 is 8.81. The number of methoxy groups -OCH3 is 1. The number of nitrogens with zero attached hydrogens (tertiary/aromatic N) is 1. The molecule has 0 radical (unpaired) electrons. The first-order chi connectivity index (χ1) is 9.65.